The third-order valence-electron chi connectivity index (χ3n) is 8.06. The van der Waals surface area contributed by atoms with Crippen LogP contribution in [0.4, 0.5) is 0 Å². The number of carbonyl (C=O) groups excluding carboxylic acids is 2. The summed E-state index contributed by atoms with van der Waals surface area (Å²) in [7, 11) is -3.78. The molecule has 4 saturated carbocycles. The summed E-state index contributed by atoms with van der Waals surface area (Å²) in [6.45, 7) is 0.654. The normalized spacial score (nSPS) is 32.1. The van der Waals surface area contributed by atoms with Gasteiger partial charge in [0.05, 0.1) is 10.6 Å². The summed E-state index contributed by atoms with van der Waals surface area (Å²) in [6.07, 6.45) is 9.12. The van der Waals surface area contributed by atoms with Crippen molar-refractivity contribution < 1.29 is 22.7 Å². The molecule has 6 nitrogen and oxygen atoms in total. The summed E-state index contributed by atoms with van der Waals surface area (Å²) in [5.41, 5.74) is -0.221. The highest BCUT2D eigenvalue weighted by molar-refractivity contribution is 7.89. The Kier molecular flexibility index (Phi) is 5.87. The van der Waals surface area contributed by atoms with Gasteiger partial charge in [-0.1, -0.05) is 18.0 Å². The predicted molar refractivity (Wildman–Crippen MR) is 120 cm³/mol. The van der Waals surface area contributed by atoms with Crippen LogP contribution >= 0.6 is 11.6 Å². The summed E-state index contributed by atoms with van der Waals surface area (Å²) in [6, 6.07) is 4.15. The van der Waals surface area contributed by atoms with Gasteiger partial charge in [0.15, 0.2) is 12.4 Å². The highest BCUT2D eigenvalue weighted by Crippen LogP contribution is 2.60. The second-order valence-corrected chi connectivity index (χ2v) is 12.6. The standard InChI is InChI=1S/C24H30ClNO5S/c25-20-5-4-19(11-21(20)32(29,30)26-6-2-1-3-7-26)23(28)31-15-22(27)24-12-16-8-17(13-24)10-18(9-16)14-24/h4-5,11,16-18H,1-3,6-10,12-15H2. The molecule has 0 aromatic heterocycles. The van der Waals surface area contributed by atoms with Crippen LogP contribution in [0.2, 0.25) is 5.02 Å². The first kappa shape index (κ1) is 22.4. The molecule has 8 heteroatoms. The number of esters is 1. The Balaban J connectivity index is 1.28. The summed E-state index contributed by atoms with van der Waals surface area (Å²) in [4.78, 5) is 25.8. The fourth-order valence-electron chi connectivity index (χ4n) is 6.89. The lowest BCUT2D eigenvalue weighted by atomic mass is 9.48. The van der Waals surface area contributed by atoms with E-state index in [4.69, 9.17) is 16.3 Å². The number of piperidine rings is 1. The maximum Gasteiger partial charge on any atom is 0.338 e. The monoisotopic (exact) mass is 479 g/mol. The van der Waals surface area contributed by atoms with Crippen LogP contribution < -0.4 is 0 Å². The van der Waals surface area contributed by atoms with Gasteiger partial charge in [-0.25, -0.2) is 13.2 Å². The van der Waals surface area contributed by atoms with Gasteiger partial charge in [0.1, 0.15) is 4.90 Å². The van der Waals surface area contributed by atoms with Crippen LogP contribution in [0.1, 0.15) is 68.1 Å². The third-order valence-corrected chi connectivity index (χ3v) is 10.4. The van der Waals surface area contributed by atoms with Gasteiger partial charge in [-0.2, -0.15) is 4.31 Å². The lowest BCUT2D eigenvalue weighted by Crippen LogP contribution is -2.51. The smallest absolute Gasteiger partial charge is 0.338 e. The molecule has 0 radical (unpaired) electrons. The molecule has 6 rings (SSSR count). The largest absolute Gasteiger partial charge is 0.454 e. The first-order valence-electron chi connectivity index (χ1n) is 11.8. The Hall–Kier alpha value is -1.44. The van der Waals surface area contributed by atoms with Gasteiger partial charge < -0.3 is 4.74 Å². The minimum absolute atomic E-state index is 0.0278. The number of nitrogens with zero attached hydrogens (tertiary/aromatic N) is 1. The van der Waals surface area contributed by atoms with Gasteiger partial charge in [0.2, 0.25) is 10.0 Å². The number of hydrogen-bond acceptors (Lipinski definition) is 5. The molecule has 1 heterocycles. The van der Waals surface area contributed by atoms with E-state index in [1.54, 1.807) is 0 Å². The Bertz CT molecular complexity index is 996. The second kappa shape index (κ2) is 8.41. The molecule has 0 unspecified atom stereocenters. The van der Waals surface area contributed by atoms with E-state index < -0.39 is 16.0 Å². The SMILES string of the molecule is O=C(OCC(=O)C12CC3CC(CC(C3)C1)C2)c1ccc(Cl)c(S(=O)(=O)N2CCCCC2)c1. The molecule has 1 saturated heterocycles. The molecular formula is C24H30ClNO5S. The van der Waals surface area contributed by atoms with Crippen molar-refractivity contribution >= 4 is 33.4 Å². The average Bonchev–Trinajstić information content (AvgIpc) is 2.77. The van der Waals surface area contributed by atoms with Crippen molar-refractivity contribution in [2.45, 2.75) is 62.7 Å². The van der Waals surface area contributed by atoms with E-state index in [0.29, 0.717) is 30.8 Å². The zero-order valence-electron chi connectivity index (χ0n) is 18.2. The van der Waals surface area contributed by atoms with Crippen molar-refractivity contribution in [2.24, 2.45) is 23.2 Å². The van der Waals surface area contributed by atoms with Gasteiger partial charge in [-0.15, -0.1) is 0 Å². The maximum absolute atomic E-state index is 13.1. The van der Waals surface area contributed by atoms with Crippen molar-refractivity contribution in [3.63, 3.8) is 0 Å². The molecule has 0 amide bonds. The van der Waals surface area contributed by atoms with Crippen molar-refractivity contribution in [1.82, 2.24) is 4.31 Å². The predicted octanol–water partition coefficient (Wildman–Crippen LogP) is 4.46. The Morgan fingerprint density at radius 2 is 1.59 bits per heavy atom. The van der Waals surface area contributed by atoms with E-state index in [1.807, 2.05) is 0 Å². The third kappa shape index (κ3) is 4.01. The zero-order valence-corrected chi connectivity index (χ0v) is 19.8. The molecule has 1 aliphatic heterocycles. The number of hydrogen-bond donors (Lipinski definition) is 0. The molecule has 32 heavy (non-hydrogen) atoms. The Labute approximate surface area is 194 Å². The van der Waals surface area contributed by atoms with Gasteiger partial charge in [0.25, 0.3) is 0 Å². The molecule has 5 aliphatic rings. The lowest BCUT2D eigenvalue weighted by Gasteiger charge is -2.55. The zero-order chi connectivity index (χ0) is 22.5. The lowest BCUT2D eigenvalue weighted by molar-refractivity contribution is -0.147. The van der Waals surface area contributed by atoms with E-state index in [1.165, 1.54) is 41.8 Å². The minimum atomic E-state index is -3.78. The molecule has 4 bridgehead atoms. The second-order valence-electron chi connectivity index (χ2n) is 10.3. The molecule has 1 aromatic rings. The van der Waals surface area contributed by atoms with Crippen LogP contribution in [0, 0.1) is 23.2 Å². The molecule has 0 spiro atoms. The number of halogens is 1. The molecule has 4 aliphatic carbocycles. The number of benzene rings is 1. The first-order chi connectivity index (χ1) is 15.3. The van der Waals surface area contributed by atoms with Crippen LogP contribution in [0.25, 0.3) is 0 Å². The van der Waals surface area contributed by atoms with Crippen LogP contribution in [-0.2, 0) is 19.6 Å². The van der Waals surface area contributed by atoms with E-state index in [-0.39, 0.29) is 33.3 Å². The average molecular weight is 480 g/mol. The molecule has 1 aromatic carbocycles. The number of ketones is 1. The molecule has 0 atom stereocenters. The highest BCUT2D eigenvalue weighted by atomic mass is 35.5. The fraction of sp³-hybridized carbons (Fsp3) is 0.667. The van der Waals surface area contributed by atoms with Crippen LogP contribution in [-0.4, -0.2) is 44.2 Å². The maximum atomic E-state index is 13.1. The van der Waals surface area contributed by atoms with Gasteiger partial charge in [-0.05, 0) is 87.3 Å². The van der Waals surface area contributed by atoms with E-state index >= 15 is 0 Å². The summed E-state index contributed by atoms with van der Waals surface area (Å²) >= 11 is 6.20. The van der Waals surface area contributed by atoms with Gasteiger partial charge >= 0.3 is 5.97 Å². The topological polar surface area (TPSA) is 80.8 Å². The van der Waals surface area contributed by atoms with Crippen LogP contribution in [0.5, 0.6) is 0 Å². The molecule has 174 valence electrons. The summed E-state index contributed by atoms with van der Waals surface area (Å²) in [5, 5.41) is 0.0803. The van der Waals surface area contributed by atoms with Crippen LogP contribution in [0.15, 0.2) is 23.1 Å². The van der Waals surface area contributed by atoms with E-state index in [0.717, 1.165) is 38.5 Å². The van der Waals surface area contributed by atoms with Gasteiger partial charge in [0, 0.05) is 18.5 Å². The van der Waals surface area contributed by atoms with Crippen LogP contribution in [0.3, 0.4) is 0 Å². The molecular weight excluding hydrogens is 450 g/mol. The highest BCUT2D eigenvalue weighted by Gasteiger charge is 2.54. The number of carbonyl (C=O) groups is 2. The fourth-order valence-corrected chi connectivity index (χ4v) is 8.91. The van der Waals surface area contributed by atoms with Crippen molar-refractivity contribution in [3.8, 4) is 0 Å². The van der Waals surface area contributed by atoms with Crippen molar-refractivity contribution in [2.75, 3.05) is 19.7 Å². The van der Waals surface area contributed by atoms with E-state index in [2.05, 4.69) is 0 Å². The molecule has 5 fully saturated rings. The van der Waals surface area contributed by atoms with Crippen molar-refractivity contribution in [3.05, 3.63) is 28.8 Å². The minimum Gasteiger partial charge on any atom is -0.454 e. The first-order valence-corrected chi connectivity index (χ1v) is 13.6. The quantitative estimate of drug-likeness (QED) is 0.563. The van der Waals surface area contributed by atoms with Gasteiger partial charge in [-0.3, -0.25) is 4.79 Å². The molecule has 0 N–H and O–H groups in total. The number of rotatable bonds is 6. The Morgan fingerprint density at radius 3 is 2.19 bits per heavy atom. The number of Topliss-reactive ketones (excluding diaryl/α,β-unsaturated/α-hetero) is 1. The summed E-state index contributed by atoms with van der Waals surface area (Å²) in [5.74, 6) is 1.26. The van der Waals surface area contributed by atoms with Crippen molar-refractivity contribution in [1.29, 1.82) is 0 Å². The number of ether oxygens (including phenoxy) is 1. The Morgan fingerprint density at radius 1 is 1.00 bits per heavy atom. The van der Waals surface area contributed by atoms with E-state index in [9.17, 15) is 18.0 Å². The summed E-state index contributed by atoms with van der Waals surface area (Å²) < 4.78 is 32.9. The number of sulfonamides is 1.